The normalized spacial score (nSPS) is 19.7. The third-order valence-electron chi connectivity index (χ3n) is 8.48. The van der Waals surface area contributed by atoms with Crippen LogP contribution in [0.25, 0.3) is 22.5 Å². The molecule has 2 aromatic carbocycles. The standard InChI is InChI=1S/C32H29F2N5O5S/c1-18(26-13-20(16-45-26)28-35-8-9-36-28)38-30(42)25-14-31(43-10-11-44-31)17-39(25)27(40)15-37-29(41)19-6-7-24-22(12-19)21-4-2-3-5-23(21)32(24,33)34/h2-9,12-13,16,18,25H,10-11,14-15,17H2,1H3,(H,35,36)(H,37,41)(H,38,42)/t18?,25-/m0/s1. The molecule has 4 heterocycles. The summed E-state index contributed by atoms with van der Waals surface area (Å²) in [6, 6.07) is 10.9. The van der Waals surface area contributed by atoms with Crippen LogP contribution in [-0.4, -0.2) is 70.7 Å². The molecule has 2 aliphatic heterocycles. The summed E-state index contributed by atoms with van der Waals surface area (Å²) in [7, 11) is 0. The van der Waals surface area contributed by atoms with Crippen LogP contribution in [0.2, 0.25) is 0 Å². The number of fused-ring (bicyclic) bond motifs is 3. The highest BCUT2D eigenvalue weighted by Crippen LogP contribution is 2.51. The molecule has 3 N–H and O–H groups in total. The number of H-pyrrole nitrogens is 1. The van der Waals surface area contributed by atoms with E-state index in [1.165, 1.54) is 40.5 Å². The Labute approximate surface area is 260 Å². The number of nitrogens with zero attached hydrogens (tertiary/aromatic N) is 2. The molecule has 2 fully saturated rings. The Morgan fingerprint density at radius 1 is 1.11 bits per heavy atom. The molecule has 1 aliphatic carbocycles. The van der Waals surface area contributed by atoms with Crippen molar-refractivity contribution in [3.8, 4) is 22.5 Å². The van der Waals surface area contributed by atoms with Crippen molar-refractivity contribution >= 4 is 29.1 Å². The summed E-state index contributed by atoms with van der Waals surface area (Å²) >= 11 is 1.49. The van der Waals surface area contributed by atoms with Crippen molar-refractivity contribution in [2.45, 2.75) is 37.1 Å². The number of imidazole rings is 1. The molecule has 232 valence electrons. The highest BCUT2D eigenvalue weighted by molar-refractivity contribution is 7.10. The number of rotatable bonds is 7. The number of likely N-dealkylation sites (tertiary alicyclic amines) is 1. The predicted octanol–water partition coefficient (Wildman–Crippen LogP) is 4.21. The van der Waals surface area contributed by atoms with Crippen LogP contribution in [0.5, 0.6) is 0 Å². The number of carbonyl (C=O) groups excluding carboxylic acids is 3. The van der Waals surface area contributed by atoms with Gasteiger partial charge in [0.1, 0.15) is 11.9 Å². The number of aromatic amines is 1. The maximum atomic E-state index is 14.9. The Morgan fingerprint density at radius 3 is 2.67 bits per heavy atom. The highest BCUT2D eigenvalue weighted by atomic mass is 32.1. The molecule has 1 unspecified atom stereocenters. The van der Waals surface area contributed by atoms with Crippen LogP contribution in [-0.2, 0) is 25.0 Å². The van der Waals surface area contributed by atoms with Crippen LogP contribution < -0.4 is 10.6 Å². The molecule has 7 rings (SSSR count). The first-order valence-electron chi connectivity index (χ1n) is 14.5. The van der Waals surface area contributed by atoms with Gasteiger partial charge in [0.2, 0.25) is 11.8 Å². The Morgan fingerprint density at radius 2 is 1.89 bits per heavy atom. The Balaban J connectivity index is 1.04. The van der Waals surface area contributed by atoms with Gasteiger partial charge < -0.3 is 30.0 Å². The smallest absolute Gasteiger partial charge is 0.299 e. The minimum absolute atomic E-state index is 0.0283. The molecule has 3 amide bonds. The molecular formula is C32H29F2N5O5S. The van der Waals surface area contributed by atoms with Crippen LogP contribution >= 0.6 is 11.3 Å². The van der Waals surface area contributed by atoms with E-state index in [1.54, 1.807) is 30.6 Å². The topological polar surface area (TPSA) is 126 Å². The van der Waals surface area contributed by atoms with E-state index in [4.69, 9.17) is 9.47 Å². The largest absolute Gasteiger partial charge is 0.347 e. The summed E-state index contributed by atoms with van der Waals surface area (Å²) in [6.07, 6.45) is 3.55. The highest BCUT2D eigenvalue weighted by Gasteiger charge is 2.52. The van der Waals surface area contributed by atoms with Gasteiger partial charge in [0.05, 0.1) is 32.3 Å². The summed E-state index contributed by atoms with van der Waals surface area (Å²) in [4.78, 5) is 49.7. The lowest BCUT2D eigenvalue weighted by Crippen LogP contribution is -2.49. The van der Waals surface area contributed by atoms with Gasteiger partial charge in [-0.2, -0.15) is 8.78 Å². The van der Waals surface area contributed by atoms with E-state index >= 15 is 0 Å². The minimum Gasteiger partial charge on any atom is -0.347 e. The van der Waals surface area contributed by atoms with Crippen molar-refractivity contribution < 1.29 is 32.6 Å². The molecular weight excluding hydrogens is 604 g/mol. The molecule has 0 bridgehead atoms. The number of ether oxygens (including phenoxy) is 2. The number of benzene rings is 2. The first kappa shape index (κ1) is 29.3. The van der Waals surface area contributed by atoms with Crippen LogP contribution in [0, 0.1) is 0 Å². The third kappa shape index (κ3) is 5.20. The molecule has 3 aliphatic rings. The van der Waals surface area contributed by atoms with Crippen LogP contribution in [0.3, 0.4) is 0 Å². The molecule has 4 aromatic rings. The summed E-state index contributed by atoms with van der Waals surface area (Å²) in [6.45, 7) is 2.17. The fourth-order valence-electron chi connectivity index (χ4n) is 6.23. The van der Waals surface area contributed by atoms with Gasteiger partial charge in [0.15, 0.2) is 5.79 Å². The maximum Gasteiger partial charge on any atom is 0.299 e. The second kappa shape index (κ2) is 11.2. The van der Waals surface area contributed by atoms with Crippen LogP contribution in [0.15, 0.2) is 66.3 Å². The number of thiophene rings is 1. The molecule has 13 heteroatoms. The molecule has 0 radical (unpaired) electrons. The molecule has 0 saturated carbocycles. The van der Waals surface area contributed by atoms with Crippen molar-refractivity contribution in [1.82, 2.24) is 25.5 Å². The fraction of sp³-hybridized carbons (Fsp3) is 0.312. The zero-order valence-electron chi connectivity index (χ0n) is 24.1. The van der Waals surface area contributed by atoms with Gasteiger partial charge in [-0.3, -0.25) is 14.4 Å². The Kier molecular flexibility index (Phi) is 7.26. The van der Waals surface area contributed by atoms with E-state index in [1.807, 2.05) is 18.4 Å². The van der Waals surface area contributed by atoms with Gasteiger partial charge in [-0.25, -0.2) is 4.98 Å². The third-order valence-corrected chi connectivity index (χ3v) is 9.60. The van der Waals surface area contributed by atoms with Crippen molar-refractivity contribution in [3.05, 3.63) is 87.9 Å². The molecule has 2 aromatic heterocycles. The molecule has 2 saturated heterocycles. The van der Waals surface area contributed by atoms with Crippen LogP contribution in [0.4, 0.5) is 8.78 Å². The van der Waals surface area contributed by atoms with Crippen LogP contribution in [0.1, 0.15) is 45.7 Å². The van der Waals surface area contributed by atoms with E-state index in [9.17, 15) is 23.2 Å². The zero-order chi connectivity index (χ0) is 31.3. The van der Waals surface area contributed by atoms with Gasteiger partial charge in [-0.05, 0) is 36.2 Å². The summed E-state index contributed by atoms with van der Waals surface area (Å²) in [5, 5.41) is 7.55. The number of hydrogen-bond donors (Lipinski definition) is 3. The zero-order valence-corrected chi connectivity index (χ0v) is 25.0. The minimum atomic E-state index is -3.16. The van der Waals surface area contributed by atoms with Gasteiger partial charge in [-0.1, -0.05) is 30.3 Å². The van der Waals surface area contributed by atoms with Crippen molar-refractivity contribution in [1.29, 1.82) is 0 Å². The summed E-state index contributed by atoms with van der Waals surface area (Å²) < 4.78 is 41.5. The van der Waals surface area contributed by atoms with E-state index in [0.717, 1.165) is 16.3 Å². The molecule has 1 spiro atoms. The number of hydrogen-bond acceptors (Lipinski definition) is 7. The predicted molar refractivity (Wildman–Crippen MR) is 160 cm³/mol. The van der Waals surface area contributed by atoms with E-state index in [0.29, 0.717) is 18.8 Å². The lowest BCUT2D eigenvalue weighted by Gasteiger charge is -2.25. The Hall–Kier alpha value is -4.46. The maximum absolute atomic E-state index is 14.9. The van der Waals surface area contributed by atoms with Crippen molar-refractivity contribution in [2.24, 2.45) is 0 Å². The second-order valence-electron chi connectivity index (χ2n) is 11.3. The van der Waals surface area contributed by atoms with Gasteiger partial charge in [0.25, 0.3) is 11.8 Å². The molecule has 2 atom stereocenters. The summed E-state index contributed by atoms with van der Waals surface area (Å²) in [5.74, 6) is -5.00. The van der Waals surface area contributed by atoms with Gasteiger partial charge in [0, 0.05) is 51.3 Å². The average Bonchev–Trinajstić information content (AvgIpc) is 3.88. The lowest BCUT2D eigenvalue weighted by molar-refractivity contribution is -0.152. The number of amides is 3. The number of halogens is 2. The monoisotopic (exact) mass is 633 g/mol. The van der Waals surface area contributed by atoms with E-state index in [2.05, 4.69) is 20.6 Å². The van der Waals surface area contributed by atoms with E-state index in [-0.39, 0.29) is 47.2 Å². The first-order valence-corrected chi connectivity index (χ1v) is 15.4. The lowest BCUT2D eigenvalue weighted by atomic mass is 10.0. The second-order valence-corrected chi connectivity index (χ2v) is 12.3. The summed E-state index contributed by atoms with van der Waals surface area (Å²) in [5.41, 5.74) is 1.41. The SMILES string of the molecule is CC(NC(=O)[C@@H]1CC2(CN1C(=O)CNC(=O)c1ccc3c(c1)-c1ccccc1C3(F)F)OCCO2)c1cc(-c2ncc[nH]2)cs1. The van der Waals surface area contributed by atoms with Gasteiger partial charge in [-0.15, -0.1) is 11.3 Å². The average molecular weight is 634 g/mol. The van der Waals surface area contributed by atoms with Crippen molar-refractivity contribution in [3.63, 3.8) is 0 Å². The number of nitrogens with one attached hydrogen (secondary N) is 3. The number of alkyl halides is 2. The van der Waals surface area contributed by atoms with Gasteiger partial charge >= 0.3 is 0 Å². The molecule has 45 heavy (non-hydrogen) atoms. The quantitative estimate of drug-likeness (QED) is 0.280. The van der Waals surface area contributed by atoms with E-state index < -0.39 is 36.1 Å². The van der Waals surface area contributed by atoms with Crippen molar-refractivity contribution in [2.75, 3.05) is 26.3 Å². The number of aromatic nitrogens is 2. The Bertz CT molecular complexity index is 1790. The fourth-order valence-corrected chi connectivity index (χ4v) is 7.13. The molecule has 10 nitrogen and oxygen atoms in total. The number of carbonyl (C=O) groups is 3. The first-order chi connectivity index (χ1) is 21.6.